The van der Waals surface area contributed by atoms with E-state index in [2.05, 4.69) is 5.10 Å². The molecule has 1 saturated carbocycles. The van der Waals surface area contributed by atoms with Crippen LogP contribution in [0, 0.1) is 11.8 Å². The van der Waals surface area contributed by atoms with Crippen molar-refractivity contribution in [2.24, 2.45) is 24.6 Å². The standard InChI is InChI=1S/C14H22F3N3/c1-20-10(8-9-19-20)6-7-13(18)11-4-2-3-5-12(11)14(15,16)17/h8-9,11-13H,2-7,18H2,1H3. The van der Waals surface area contributed by atoms with Crippen molar-refractivity contribution in [3.63, 3.8) is 0 Å². The summed E-state index contributed by atoms with van der Waals surface area (Å²) in [5.41, 5.74) is 7.09. The van der Waals surface area contributed by atoms with Gasteiger partial charge in [0.1, 0.15) is 0 Å². The van der Waals surface area contributed by atoms with Gasteiger partial charge in [0.05, 0.1) is 5.92 Å². The van der Waals surface area contributed by atoms with Gasteiger partial charge in [0.2, 0.25) is 0 Å². The minimum atomic E-state index is -4.12. The maximum absolute atomic E-state index is 13.1. The van der Waals surface area contributed by atoms with Crippen LogP contribution in [0.25, 0.3) is 0 Å². The molecule has 3 unspecified atom stereocenters. The molecule has 0 bridgehead atoms. The highest BCUT2D eigenvalue weighted by atomic mass is 19.4. The van der Waals surface area contributed by atoms with Crippen molar-refractivity contribution < 1.29 is 13.2 Å². The summed E-state index contributed by atoms with van der Waals surface area (Å²) in [4.78, 5) is 0. The van der Waals surface area contributed by atoms with Crippen molar-refractivity contribution in [2.45, 2.75) is 50.7 Å². The molecule has 20 heavy (non-hydrogen) atoms. The highest BCUT2D eigenvalue weighted by Crippen LogP contribution is 2.43. The van der Waals surface area contributed by atoms with Crippen LogP contribution in [0.15, 0.2) is 12.3 Å². The van der Waals surface area contributed by atoms with E-state index < -0.39 is 24.1 Å². The van der Waals surface area contributed by atoms with Crippen LogP contribution in [-0.2, 0) is 13.5 Å². The molecular formula is C14H22F3N3. The quantitative estimate of drug-likeness (QED) is 0.926. The summed E-state index contributed by atoms with van der Waals surface area (Å²) in [6.45, 7) is 0. The Hall–Kier alpha value is -1.04. The Morgan fingerprint density at radius 3 is 2.70 bits per heavy atom. The maximum atomic E-state index is 13.1. The molecule has 3 atom stereocenters. The van der Waals surface area contributed by atoms with Crippen molar-refractivity contribution in [3.8, 4) is 0 Å². The first-order chi connectivity index (χ1) is 9.39. The van der Waals surface area contributed by atoms with Crippen molar-refractivity contribution in [3.05, 3.63) is 18.0 Å². The van der Waals surface area contributed by atoms with E-state index in [4.69, 9.17) is 5.73 Å². The number of alkyl halides is 3. The van der Waals surface area contributed by atoms with Crippen molar-refractivity contribution >= 4 is 0 Å². The molecule has 0 amide bonds. The van der Waals surface area contributed by atoms with Crippen LogP contribution in [0.5, 0.6) is 0 Å². The molecule has 2 N–H and O–H groups in total. The molecule has 1 aliphatic rings. The van der Waals surface area contributed by atoms with E-state index in [-0.39, 0.29) is 6.42 Å². The highest BCUT2D eigenvalue weighted by Gasteiger charge is 2.46. The molecule has 2 rings (SSSR count). The maximum Gasteiger partial charge on any atom is 0.392 e. The number of nitrogens with zero attached hydrogens (tertiary/aromatic N) is 2. The monoisotopic (exact) mass is 289 g/mol. The average molecular weight is 289 g/mol. The fourth-order valence-electron chi connectivity index (χ4n) is 3.25. The summed E-state index contributed by atoms with van der Waals surface area (Å²) in [6.07, 6.45) is 1.18. The number of halogens is 3. The summed E-state index contributed by atoms with van der Waals surface area (Å²) in [6, 6.07) is 1.49. The fourth-order valence-corrected chi connectivity index (χ4v) is 3.25. The molecule has 1 aliphatic carbocycles. The van der Waals surface area contributed by atoms with E-state index in [1.807, 2.05) is 13.1 Å². The largest absolute Gasteiger partial charge is 0.392 e. The Kier molecular flexibility index (Phi) is 4.73. The van der Waals surface area contributed by atoms with Gasteiger partial charge in [0.25, 0.3) is 0 Å². The van der Waals surface area contributed by atoms with Gasteiger partial charge in [-0.3, -0.25) is 4.68 Å². The van der Waals surface area contributed by atoms with Gasteiger partial charge in [-0.25, -0.2) is 0 Å². The van der Waals surface area contributed by atoms with Crippen LogP contribution in [0.4, 0.5) is 13.2 Å². The van der Waals surface area contributed by atoms with E-state index in [0.29, 0.717) is 25.7 Å². The fraction of sp³-hybridized carbons (Fsp3) is 0.786. The normalized spacial score (nSPS) is 25.6. The number of aryl methyl sites for hydroxylation is 2. The first-order valence-corrected chi connectivity index (χ1v) is 7.18. The summed E-state index contributed by atoms with van der Waals surface area (Å²) < 4.78 is 40.9. The van der Waals surface area contributed by atoms with Gasteiger partial charge in [0, 0.05) is 25.0 Å². The third-order valence-corrected chi connectivity index (χ3v) is 4.45. The zero-order chi connectivity index (χ0) is 14.8. The smallest absolute Gasteiger partial charge is 0.327 e. The zero-order valence-corrected chi connectivity index (χ0v) is 11.7. The highest BCUT2D eigenvalue weighted by molar-refractivity contribution is 5.01. The third-order valence-electron chi connectivity index (χ3n) is 4.45. The summed E-state index contributed by atoms with van der Waals surface area (Å²) in [7, 11) is 1.83. The van der Waals surface area contributed by atoms with E-state index in [1.54, 1.807) is 10.9 Å². The molecule has 3 nitrogen and oxygen atoms in total. The van der Waals surface area contributed by atoms with Crippen LogP contribution < -0.4 is 5.73 Å². The van der Waals surface area contributed by atoms with E-state index in [9.17, 15) is 13.2 Å². The molecule has 114 valence electrons. The summed E-state index contributed by atoms with van der Waals surface area (Å²) in [5.74, 6) is -1.66. The van der Waals surface area contributed by atoms with Gasteiger partial charge in [0.15, 0.2) is 0 Å². The Balaban J connectivity index is 1.96. The number of hydrogen-bond acceptors (Lipinski definition) is 2. The van der Waals surface area contributed by atoms with Gasteiger partial charge >= 0.3 is 6.18 Å². The molecular weight excluding hydrogens is 267 g/mol. The predicted octanol–water partition coefficient (Wildman–Crippen LogP) is 3.05. The van der Waals surface area contributed by atoms with Crippen LogP contribution in [0.2, 0.25) is 0 Å². The Morgan fingerprint density at radius 1 is 1.40 bits per heavy atom. The second-order valence-electron chi connectivity index (χ2n) is 5.75. The molecule has 6 heteroatoms. The molecule has 0 aliphatic heterocycles. The lowest BCUT2D eigenvalue weighted by atomic mass is 9.74. The molecule has 0 radical (unpaired) electrons. The van der Waals surface area contributed by atoms with Gasteiger partial charge in [-0.15, -0.1) is 0 Å². The zero-order valence-electron chi connectivity index (χ0n) is 11.7. The SMILES string of the molecule is Cn1nccc1CCC(N)C1CCCCC1C(F)(F)F. The molecule has 1 aromatic rings. The lowest BCUT2D eigenvalue weighted by Crippen LogP contribution is -2.43. The molecule has 1 heterocycles. The van der Waals surface area contributed by atoms with Gasteiger partial charge in [-0.2, -0.15) is 18.3 Å². The van der Waals surface area contributed by atoms with Gasteiger partial charge < -0.3 is 5.73 Å². The second-order valence-corrected chi connectivity index (χ2v) is 5.75. The Labute approximate surface area is 117 Å². The topological polar surface area (TPSA) is 43.8 Å². The lowest BCUT2D eigenvalue weighted by molar-refractivity contribution is -0.198. The molecule has 0 aromatic carbocycles. The molecule has 1 fully saturated rings. The molecule has 1 aromatic heterocycles. The first kappa shape index (κ1) is 15.4. The van der Waals surface area contributed by atoms with Crippen LogP contribution in [-0.4, -0.2) is 22.0 Å². The predicted molar refractivity (Wildman–Crippen MR) is 71.0 cm³/mol. The van der Waals surface area contributed by atoms with E-state index in [1.165, 1.54) is 0 Å². The summed E-state index contributed by atoms with van der Waals surface area (Å²) >= 11 is 0. The minimum absolute atomic E-state index is 0.230. The Bertz CT molecular complexity index is 428. The van der Waals surface area contributed by atoms with Crippen molar-refractivity contribution in [1.29, 1.82) is 0 Å². The van der Waals surface area contributed by atoms with Gasteiger partial charge in [-0.1, -0.05) is 12.8 Å². The lowest BCUT2D eigenvalue weighted by Gasteiger charge is -2.36. The molecule has 0 saturated heterocycles. The van der Waals surface area contributed by atoms with Crippen LogP contribution >= 0.6 is 0 Å². The average Bonchev–Trinajstić information content (AvgIpc) is 2.80. The first-order valence-electron chi connectivity index (χ1n) is 7.18. The Morgan fingerprint density at radius 2 is 2.10 bits per heavy atom. The van der Waals surface area contributed by atoms with E-state index in [0.717, 1.165) is 12.1 Å². The van der Waals surface area contributed by atoms with Crippen LogP contribution in [0.1, 0.15) is 37.8 Å². The summed E-state index contributed by atoms with van der Waals surface area (Å²) in [5, 5.41) is 4.06. The van der Waals surface area contributed by atoms with Gasteiger partial charge in [-0.05, 0) is 37.7 Å². The number of nitrogens with two attached hydrogens (primary N) is 1. The second kappa shape index (κ2) is 6.16. The minimum Gasteiger partial charge on any atom is -0.327 e. The number of aromatic nitrogens is 2. The van der Waals surface area contributed by atoms with Crippen LogP contribution in [0.3, 0.4) is 0 Å². The van der Waals surface area contributed by atoms with Crippen molar-refractivity contribution in [2.75, 3.05) is 0 Å². The van der Waals surface area contributed by atoms with E-state index >= 15 is 0 Å². The number of rotatable bonds is 4. The van der Waals surface area contributed by atoms with Crippen molar-refractivity contribution in [1.82, 2.24) is 9.78 Å². The molecule has 0 spiro atoms. The third kappa shape index (κ3) is 3.53. The number of hydrogen-bond donors (Lipinski definition) is 1.